The normalized spacial score (nSPS) is 12.9. The van der Waals surface area contributed by atoms with Crippen molar-refractivity contribution in [3.8, 4) is 78.5 Å². The average molecular weight is 750 g/mol. The van der Waals surface area contributed by atoms with Crippen molar-refractivity contribution in [2.75, 3.05) is 0 Å². The van der Waals surface area contributed by atoms with E-state index in [1.54, 1.807) is 0 Å². The van der Waals surface area contributed by atoms with Gasteiger partial charge in [0.25, 0.3) is 0 Å². The first kappa shape index (κ1) is 33.4. The number of pyridine rings is 1. The Labute approximate surface area is 343 Å². The number of hydrogen-bond donors (Lipinski definition) is 0. The van der Waals surface area contributed by atoms with Crippen molar-refractivity contribution in [3.63, 3.8) is 0 Å². The molecule has 0 bridgehead atoms. The summed E-state index contributed by atoms with van der Waals surface area (Å²) in [7, 11) is 0. The standard InChI is InChI=1S/C56H35N3/c1-2-16-40-36(14-1)15-13-22-41(40)37-27-29-38(30-28-37)55-58-53(35-54(59-55)52-26-11-12-33-57-52)39-31-32-47-43-18-4-3-17-42(43)44-19-5-8-23-48(44)56(51(47)34-39)49-24-9-6-20-45(49)46-21-7-10-25-50(46)56/h1-35H. The molecule has 0 saturated carbocycles. The van der Waals surface area contributed by atoms with Crippen LogP contribution >= 0.6 is 0 Å². The molecule has 3 heteroatoms. The van der Waals surface area contributed by atoms with Crippen molar-refractivity contribution in [2.45, 2.75) is 5.41 Å². The minimum absolute atomic E-state index is 0.578. The van der Waals surface area contributed by atoms with Crippen molar-refractivity contribution in [3.05, 3.63) is 235 Å². The molecule has 274 valence electrons. The summed E-state index contributed by atoms with van der Waals surface area (Å²) >= 11 is 0. The molecule has 0 unspecified atom stereocenters. The van der Waals surface area contributed by atoms with E-state index in [1.165, 1.54) is 72.0 Å². The lowest BCUT2D eigenvalue weighted by Crippen LogP contribution is -2.29. The number of rotatable bonds is 4. The summed E-state index contributed by atoms with van der Waals surface area (Å²) in [5, 5.41) is 2.46. The fourth-order valence-corrected chi connectivity index (χ4v) is 9.85. The van der Waals surface area contributed by atoms with E-state index in [9.17, 15) is 0 Å². The molecule has 0 aliphatic heterocycles. The van der Waals surface area contributed by atoms with Crippen LogP contribution in [0, 0.1) is 0 Å². The lowest BCUT2D eigenvalue weighted by atomic mass is 9.65. The van der Waals surface area contributed by atoms with Crippen molar-refractivity contribution >= 4 is 10.8 Å². The first-order chi connectivity index (χ1) is 29.3. The van der Waals surface area contributed by atoms with Crippen molar-refractivity contribution in [2.24, 2.45) is 0 Å². The number of aromatic nitrogens is 3. The Morgan fingerprint density at radius 3 is 1.49 bits per heavy atom. The van der Waals surface area contributed by atoms with E-state index in [-0.39, 0.29) is 0 Å². The molecule has 8 aromatic carbocycles. The lowest BCUT2D eigenvalue weighted by Gasteiger charge is -2.35. The number of nitrogens with zero attached hydrogens (tertiary/aromatic N) is 3. The van der Waals surface area contributed by atoms with Gasteiger partial charge in [0.1, 0.15) is 0 Å². The first-order valence-electron chi connectivity index (χ1n) is 20.2. The highest BCUT2D eigenvalue weighted by Gasteiger charge is 2.49. The number of hydrogen-bond acceptors (Lipinski definition) is 3. The molecule has 2 heterocycles. The van der Waals surface area contributed by atoms with E-state index in [0.29, 0.717) is 5.82 Å². The summed E-state index contributed by atoms with van der Waals surface area (Å²) < 4.78 is 0. The monoisotopic (exact) mass is 749 g/mol. The van der Waals surface area contributed by atoms with E-state index in [1.807, 2.05) is 24.4 Å². The second-order valence-electron chi connectivity index (χ2n) is 15.5. The van der Waals surface area contributed by atoms with Crippen LogP contribution in [0.5, 0.6) is 0 Å². The van der Waals surface area contributed by atoms with Gasteiger partial charge in [-0.2, -0.15) is 0 Å². The van der Waals surface area contributed by atoms with Crippen LogP contribution < -0.4 is 0 Å². The molecular formula is C56H35N3. The zero-order valence-electron chi connectivity index (χ0n) is 32.0. The smallest absolute Gasteiger partial charge is 0.160 e. The third kappa shape index (κ3) is 5.05. The highest BCUT2D eigenvalue weighted by atomic mass is 14.9. The molecule has 0 fully saturated rings. The third-order valence-corrected chi connectivity index (χ3v) is 12.4. The van der Waals surface area contributed by atoms with Crippen LogP contribution in [0.25, 0.3) is 89.3 Å². The second kappa shape index (κ2) is 13.2. The Morgan fingerprint density at radius 1 is 0.305 bits per heavy atom. The Bertz CT molecular complexity index is 3220. The molecule has 2 aliphatic rings. The summed E-state index contributed by atoms with van der Waals surface area (Å²) in [6, 6.07) is 74.6. The van der Waals surface area contributed by atoms with Gasteiger partial charge >= 0.3 is 0 Å². The molecule has 0 N–H and O–H groups in total. The molecule has 10 aromatic rings. The molecule has 0 amide bonds. The predicted octanol–water partition coefficient (Wildman–Crippen LogP) is 13.7. The highest BCUT2D eigenvalue weighted by molar-refractivity contribution is 5.99. The van der Waals surface area contributed by atoms with Gasteiger partial charge in [-0.3, -0.25) is 4.98 Å². The molecule has 0 atom stereocenters. The Hall–Kier alpha value is -7.75. The highest BCUT2D eigenvalue weighted by Crippen LogP contribution is 2.61. The number of fused-ring (bicyclic) bond motifs is 13. The Kier molecular flexibility index (Phi) is 7.45. The summed E-state index contributed by atoms with van der Waals surface area (Å²) in [5.41, 5.74) is 18.8. The summed E-state index contributed by atoms with van der Waals surface area (Å²) in [6.45, 7) is 0. The van der Waals surface area contributed by atoms with E-state index in [2.05, 4.69) is 188 Å². The molecule has 59 heavy (non-hydrogen) atoms. The maximum absolute atomic E-state index is 5.38. The lowest BCUT2D eigenvalue weighted by molar-refractivity contribution is 0.775. The van der Waals surface area contributed by atoms with Crippen LogP contribution in [0.4, 0.5) is 0 Å². The minimum atomic E-state index is -0.578. The Morgan fingerprint density at radius 2 is 0.814 bits per heavy atom. The van der Waals surface area contributed by atoms with E-state index in [0.717, 1.165) is 33.8 Å². The van der Waals surface area contributed by atoms with E-state index < -0.39 is 5.41 Å². The topological polar surface area (TPSA) is 38.7 Å². The molecular weight excluding hydrogens is 715 g/mol. The van der Waals surface area contributed by atoms with E-state index >= 15 is 0 Å². The molecule has 3 nitrogen and oxygen atoms in total. The van der Waals surface area contributed by atoms with Gasteiger partial charge in [-0.1, -0.05) is 182 Å². The van der Waals surface area contributed by atoms with Gasteiger partial charge in [-0.15, -0.1) is 0 Å². The van der Waals surface area contributed by atoms with Gasteiger partial charge in [0.15, 0.2) is 5.82 Å². The molecule has 2 aliphatic carbocycles. The fraction of sp³-hybridized carbons (Fsp3) is 0.0179. The number of benzene rings is 8. The SMILES string of the molecule is c1ccc(-c2cc(-c3ccc4c(c3)C3(c5ccccc5-c5ccccc5-4)c4ccccc4-c4ccccc43)nc(-c3ccc(-c4cccc5ccccc45)cc3)n2)nc1. The predicted molar refractivity (Wildman–Crippen MR) is 241 cm³/mol. The van der Waals surface area contributed by atoms with Crippen LogP contribution in [0.1, 0.15) is 22.3 Å². The maximum Gasteiger partial charge on any atom is 0.160 e. The van der Waals surface area contributed by atoms with Gasteiger partial charge < -0.3 is 0 Å². The molecule has 0 radical (unpaired) electrons. The summed E-state index contributed by atoms with van der Waals surface area (Å²) in [4.78, 5) is 15.3. The zero-order chi connectivity index (χ0) is 38.9. The Balaban J connectivity index is 1.10. The van der Waals surface area contributed by atoms with Gasteiger partial charge in [0.05, 0.1) is 22.5 Å². The zero-order valence-corrected chi connectivity index (χ0v) is 32.0. The van der Waals surface area contributed by atoms with E-state index in [4.69, 9.17) is 15.0 Å². The van der Waals surface area contributed by atoms with Crippen LogP contribution in [0.3, 0.4) is 0 Å². The molecule has 2 aromatic heterocycles. The molecule has 0 saturated heterocycles. The molecule has 12 rings (SSSR count). The largest absolute Gasteiger partial charge is 0.255 e. The van der Waals surface area contributed by atoms with Gasteiger partial charge in [-0.05, 0) is 102 Å². The second-order valence-corrected chi connectivity index (χ2v) is 15.5. The van der Waals surface area contributed by atoms with Gasteiger partial charge in [0.2, 0.25) is 0 Å². The summed E-state index contributed by atoms with van der Waals surface area (Å²) in [6.07, 6.45) is 1.83. The van der Waals surface area contributed by atoms with Crippen LogP contribution in [-0.2, 0) is 5.41 Å². The van der Waals surface area contributed by atoms with Crippen molar-refractivity contribution in [1.82, 2.24) is 15.0 Å². The summed E-state index contributed by atoms with van der Waals surface area (Å²) in [5.74, 6) is 0.657. The third-order valence-electron chi connectivity index (χ3n) is 12.4. The quantitative estimate of drug-likeness (QED) is 0.180. The fourth-order valence-electron chi connectivity index (χ4n) is 9.85. The molecule has 1 spiro atoms. The van der Waals surface area contributed by atoms with Crippen LogP contribution in [0.2, 0.25) is 0 Å². The average Bonchev–Trinajstić information content (AvgIpc) is 3.56. The van der Waals surface area contributed by atoms with Crippen molar-refractivity contribution < 1.29 is 0 Å². The van der Waals surface area contributed by atoms with Gasteiger partial charge in [0, 0.05) is 17.3 Å². The first-order valence-corrected chi connectivity index (χ1v) is 20.2. The van der Waals surface area contributed by atoms with Crippen LogP contribution in [0.15, 0.2) is 212 Å². The minimum Gasteiger partial charge on any atom is -0.255 e. The van der Waals surface area contributed by atoms with Crippen molar-refractivity contribution in [1.29, 1.82) is 0 Å². The van der Waals surface area contributed by atoms with Gasteiger partial charge in [-0.25, -0.2) is 9.97 Å². The van der Waals surface area contributed by atoms with Crippen LogP contribution in [-0.4, -0.2) is 15.0 Å². The maximum atomic E-state index is 5.38.